The second-order valence-corrected chi connectivity index (χ2v) is 7.96. The molecule has 160 valence electrons. The maximum Gasteiger partial charge on any atom is 0.338 e. The van der Waals surface area contributed by atoms with Gasteiger partial charge in [-0.15, -0.1) is 0 Å². The summed E-state index contributed by atoms with van der Waals surface area (Å²) in [6.07, 6.45) is 0. The van der Waals surface area contributed by atoms with Crippen molar-refractivity contribution in [2.45, 2.75) is 0 Å². The van der Waals surface area contributed by atoms with Crippen molar-refractivity contribution in [2.24, 2.45) is 12.0 Å². The lowest BCUT2D eigenvalue weighted by Crippen LogP contribution is -2.11. The van der Waals surface area contributed by atoms with E-state index in [1.54, 1.807) is 60.3 Å². The Morgan fingerprint density at radius 3 is 2.30 bits per heavy atom. The van der Waals surface area contributed by atoms with Crippen LogP contribution in [0.2, 0.25) is 0 Å². The van der Waals surface area contributed by atoms with E-state index in [4.69, 9.17) is 9.73 Å². The fourth-order valence-corrected chi connectivity index (χ4v) is 4.25. The molecule has 0 spiro atoms. The normalized spacial score (nSPS) is 11.0. The number of ether oxygens (including phenoxy) is 1. The Hall–Kier alpha value is -4.53. The molecular weight excluding hydrogens is 434 g/mol. The van der Waals surface area contributed by atoms with E-state index in [-0.39, 0.29) is 0 Å². The maximum absolute atomic E-state index is 12.5. The molecule has 0 radical (unpaired) electrons. The lowest BCUT2D eigenvalue weighted by atomic mass is 9.96. The van der Waals surface area contributed by atoms with Gasteiger partial charge in [-0.3, -0.25) is 0 Å². The Balaban J connectivity index is 1.92. The third-order valence-corrected chi connectivity index (χ3v) is 5.94. The number of aryl methyl sites for hydroxylation is 1. The van der Waals surface area contributed by atoms with E-state index in [1.807, 2.05) is 18.2 Å². The van der Waals surface area contributed by atoms with Gasteiger partial charge < -0.3 is 4.74 Å². The number of hydrogen-bond donors (Lipinski definition) is 0. The molecule has 0 aliphatic rings. The van der Waals surface area contributed by atoms with Gasteiger partial charge in [-0.2, -0.15) is 15.6 Å². The minimum Gasteiger partial charge on any atom is -0.465 e. The van der Waals surface area contributed by atoms with Crippen LogP contribution in [0.5, 0.6) is 0 Å². The Kier molecular flexibility index (Phi) is 6.12. The van der Waals surface area contributed by atoms with Gasteiger partial charge in [0.15, 0.2) is 0 Å². The smallest absolute Gasteiger partial charge is 0.338 e. The van der Waals surface area contributed by atoms with E-state index >= 15 is 0 Å². The molecule has 0 unspecified atom stereocenters. The second kappa shape index (κ2) is 9.31. The number of benzene rings is 3. The van der Waals surface area contributed by atoms with Crippen molar-refractivity contribution in [3.63, 3.8) is 0 Å². The molecule has 0 fully saturated rings. The van der Waals surface area contributed by atoms with Crippen LogP contribution in [-0.4, -0.2) is 22.9 Å². The number of nitrogens with zero attached hydrogens (tertiary/aromatic N) is 5. The first-order chi connectivity index (χ1) is 16.0. The Bertz CT molecular complexity index is 1520. The molecule has 33 heavy (non-hydrogen) atoms. The summed E-state index contributed by atoms with van der Waals surface area (Å²) in [6, 6.07) is 23.7. The van der Waals surface area contributed by atoms with Crippen LogP contribution < -0.4 is 4.80 Å². The average molecular weight is 452 g/mol. The Morgan fingerprint density at radius 2 is 1.64 bits per heavy atom. The molecule has 0 aliphatic carbocycles. The Morgan fingerprint density at radius 1 is 1.00 bits per heavy atom. The SMILES string of the molecule is COC(=O)c1cccc(N=c2sc(-c3cccc(C#N)c3)nn2C)c1-c1cccc(C#N)c1. The molecule has 0 N–H and O–H groups in total. The predicted molar refractivity (Wildman–Crippen MR) is 124 cm³/mol. The van der Waals surface area contributed by atoms with Gasteiger partial charge in [0.1, 0.15) is 5.01 Å². The first-order valence-corrected chi connectivity index (χ1v) is 10.7. The van der Waals surface area contributed by atoms with E-state index in [2.05, 4.69) is 17.2 Å². The van der Waals surface area contributed by atoms with Crippen LogP contribution in [0.1, 0.15) is 21.5 Å². The summed E-state index contributed by atoms with van der Waals surface area (Å²) in [7, 11) is 3.11. The summed E-state index contributed by atoms with van der Waals surface area (Å²) >= 11 is 1.37. The van der Waals surface area contributed by atoms with Crippen LogP contribution in [0.25, 0.3) is 21.7 Å². The molecule has 3 aromatic carbocycles. The van der Waals surface area contributed by atoms with Crippen LogP contribution in [0.3, 0.4) is 0 Å². The van der Waals surface area contributed by atoms with Gasteiger partial charge >= 0.3 is 5.97 Å². The molecule has 0 amide bonds. The molecule has 0 saturated carbocycles. The maximum atomic E-state index is 12.5. The summed E-state index contributed by atoms with van der Waals surface area (Å²) in [5.74, 6) is -0.493. The summed E-state index contributed by atoms with van der Waals surface area (Å²) in [5.41, 5.74) is 4.00. The van der Waals surface area contributed by atoms with Crippen molar-refractivity contribution < 1.29 is 9.53 Å². The standard InChI is InChI=1S/C25H17N5O2S/c1-30-25(33-23(29-30)19-9-4-7-17(13-19)15-27)28-21-11-5-10-20(24(31)32-2)22(21)18-8-3-6-16(12-18)14-26/h3-13H,1-2H3. The van der Waals surface area contributed by atoms with Crippen LogP contribution >= 0.6 is 11.3 Å². The van der Waals surface area contributed by atoms with E-state index < -0.39 is 5.97 Å². The number of carbonyl (C=O) groups excluding carboxylic acids is 1. The minimum atomic E-state index is -0.493. The number of aromatic nitrogens is 2. The summed E-state index contributed by atoms with van der Waals surface area (Å²) < 4.78 is 6.63. The van der Waals surface area contributed by atoms with Gasteiger partial charge in [0, 0.05) is 18.2 Å². The largest absolute Gasteiger partial charge is 0.465 e. The lowest BCUT2D eigenvalue weighted by Gasteiger charge is -2.11. The van der Waals surface area contributed by atoms with Gasteiger partial charge in [0.05, 0.1) is 41.6 Å². The number of hydrogen-bond acceptors (Lipinski definition) is 7. The van der Waals surface area contributed by atoms with Crippen molar-refractivity contribution in [1.82, 2.24) is 9.78 Å². The molecule has 1 heterocycles. The zero-order valence-corrected chi connectivity index (χ0v) is 18.6. The quantitative estimate of drug-likeness (QED) is 0.423. The molecule has 7 nitrogen and oxygen atoms in total. The number of carbonyl (C=O) groups is 1. The zero-order chi connectivity index (χ0) is 23.4. The number of nitriles is 2. The van der Waals surface area contributed by atoms with Crippen molar-refractivity contribution >= 4 is 23.0 Å². The van der Waals surface area contributed by atoms with Crippen molar-refractivity contribution in [3.8, 4) is 33.8 Å². The van der Waals surface area contributed by atoms with E-state index in [0.717, 1.165) is 5.56 Å². The molecule has 4 rings (SSSR count). The Labute approximate surface area is 194 Å². The number of esters is 1. The van der Waals surface area contributed by atoms with Gasteiger partial charge in [-0.25, -0.2) is 14.5 Å². The molecule has 0 saturated heterocycles. The fraction of sp³-hybridized carbons (Fsp3) is 0.0800. The highest BCUT2D eigenvalue weighted by molar-refractivity contribution is 7.12. The summed E-state index contributed by atoms with van der Waals surface area (Å²) in [6.45, 7) is 0. The lowest BCUT2D eigenvalue weighted by molar-refractivity contribution is 0.0601. The molecule has 0 aliphatic heterocycles. The van der Waals surface area contributed by atoms with Crippen molar-refractivity contribution in [3.05, 3.63) is 88.2 Å². The third-order valence-electron chi connectivity index (χ3n) is 4.89. The third kappa shape index (κ3) is 4.42. The summed E-state index contributed by atoms with van der Waals surface area (Å²) in [5, 5.41) is 23.8. The highest BCUT2D eigenvalue weighted by Crippen LogP contribution is 2.34. The van der Waals surface area contributed by atoms with E-state index in [9.17, 15) is 15.3 Å². The first kappa shape index (κ1) is 21.7. The van der Waals surface area contributed by atoms with E-state index in [0.29, 0.717) is 43.3 Å². The molecular formula is C25H17N5O2S. The number of rotatable bonds is 4. The fourth-order valence-electron chi connectivity index (χ4n) is 3.35. The number of methoxy groups -OCH3 is 1. The van der Waals surface area contributed by atoms with Gasteiger partial charge in [0.2, 0.25) is 4.80 Å². The summed E-state index contributed by atoms with van der Waals surface area (Å²) in [4.78, 5) is 17.9. The second-order valence-electron chi connectivity index (χ2n) is 7.00. The topological polar surface area (TPSA) is 104 Å². The zero-order valence-electron chi connectivity index (χ0n) is 17.8. The van der Waals surface area contributed by atoms with Crippen LogP contribution in [0.4, 0.5) is 5.69 Å². The molecule has 0 atom stereocenters. The highest BCUT2D eigenvalue weighted by Gasteiger charge is 2.18. The molecule has 8 heteroatoms. The average Bonchev–Trinajstić information content (AvgIpc) is 3.23. The van der Waals surface area contributed by atoms with Gasteiger partial charge in [0.25, 0.3) is 0 Å². The molecule has 0 bridgehead atoms. The van der Waals surface area contributed by atoms with Gasteiger partial charge in [-0.1, -0.05) is 41.7 Å². The van der Waals surface area contributed by atoms with Crippen LogP contribution in [-0.2, 0) is 11.8 Å². The first-order valence-electron chi connectivity index (χ1n) is 9.85. The van der Waals surface area contributed by atoms with Crippen molar-refractivity contribution in [2.75, 3.05) is 7.11 Å². The van der Waals surface area contributed by atoms with Crippen molar-refractivity contribution in [1.29, 1.82) is 10.5 Å². The van der Waals surface area contributed by atoms with Crippen LogP contribution in [0.15, 0.2) is 71.7 Å². The molecule has 1 aromatic heterocycles. The minimum absolute atomic E-state index is 0.350. The van der Waals surface area contributed by atoms with Crippen LogP contribution in [0, 0.1) is 22.7 Å². The highest BCUT2D eigenvalue weighted by atomic mass is 32.1. The van der Waals surface area contributed by atoms with Gasteiger partial charge in [-0.05, 0) is 42.0 Å². The van der Waals surface area contributed by atoms with E-state index in [1.165, 1.54) is 18.4 Å². The molecule has 4 aromatic rings. The monoisotopic (exact) mass is 451 g/mol. The predicted octanol–water partition coefficient (Wildman–Crippen LogP) is 4.58.